The van der Waals surface area contributed by atoms with E-state index in [1.807, 2.05) is 13.0 Å². The fourth-order valence-electron chi connectivity index (χ4n) is 2.52. The number of rotatable bonds is 4. The Labute approximate surface area is 100 Å². The summed E-state index contributed by atoms with van der Waals surface area (Å²) < 4.78 is 5.06. The molecule has 1 aliphatic rings. The number of aromatic nitrogens is 1. The van der Waals surface area contributed by atoms with Crippen molar-refractivity contribution in [3.8, 4) is 0 Å². The van der Waals surface area contributed by atoms with Gasteiger partial charge in [-0.3, -0.25) is 9.69 Å². The van der Waals surface area contributed by atoms with Gasteiger partial charge in [0.25, 0.3) is 0 Å². The number of hydrogen-bond acceptors (Lipinski definition) is 4. The lowest BCUT2D eigenvalue weighted by Gasteiger charge is -2.38. The van der Waals surface area contributed by atoms with E-state index >= 15 is 0 Å². The average molecular weight is 238 g/mol. The van der Waals surface area contributed by atoms with E-state index in [-0.39, 0.29) is 0 Å². The van der Waals surface area contributed by atoms with Crippen molar-refractivity contribution in [1.29, 1.82) is 0 Å². The van der Waals surface area contributed by atoms with Gasteiger partial charge in [-0.15, -0.1) is 0 Å². The number of hydrogen-bond donors (Lipinski definition) is 1. The van der Waals surface area contributed by atoms with Gasteiger partial charge in [0.15, 0.2) is 5.76 Å². The summed E-state index contributed by atoms with van der Waals surface area (Å²) in [6, 6.07) is 1.82. The molecule has 1 aromatic rings. The predicted molar refractivity (Wildman–Crippen MR) is 61.4 cm³/mol. The molecule has 2 rings (SSSR count). The van der Waals surface area contributed by atoms with Gasteiger partial charge >= 0.3 is 5.97 Å². The van der Waals surface area contributed by atoms with E-state index in [2.05, 4.69) is 10.1 Å². The minimum Gasteiger partial charge on any atom is -0.481 e. The number of carboxylic acids is 1. The Kier molecular flexibility index (Phi) is 3.47. The van der Waals surface area contributed by atoms with Crippen LogP contribution in [0.5, 0.6) is 0 Å². The molecule has 1 aromatic heterocycles. The summed E-state index contributed by atoms with van der Waals surface area (Å²) in [4.78, 5) is 13.5. The molecule has 0 bridgehead atoms. The molecule has 1 N–H and O–H groups in total. The molecule has 1 atom stereocenters. The summed E-state index contributed by atoms with van der Waals surface area (Å²) in [5.74, 6) is 0.115. The minimum atomic E-state index is -0.678. The van der Waals surface area contributed by atoms with E-state index in [1.165, 1.54) is 0 Å². The third kappa shape index (κ3) is 2.49. The average Bonchev–Trinajstić information content (AvgIpc) is 2.82. The van der Waals surface area contributed by atoms with Gasteiger partial charge in [-0.05, 0) is 25.8 Å². The highest BCUT2D eigenvalue weighted by Crippen LogP contribution is 2.34. The van der Waals surface area contributed by atoms with Crippen molar-refractivity contribution in [3.05, 3.63) is 18.0 Å². The Hall–Kier alpha value is -1.36. The Morgan fingerprint density at radius 3 is 3.12 bits per heavy atom. The van der Waals surface area contributed by atoms with Crippen LogP contribution in [0.15, 0.2) is 16.8 Å². The number of nitrogens with zero attached hydrogens (tertiary/aromatic N) is 2. The summed E-state index contributed by atoms with van der Waals surface area (Å²) in [6.07, 6.45) is 3.98. The van der Waals surface area contributed by atoms with Crippen molar-refractivity contribution in [2.24, 2.45) is 5.41 Å². The second kappa shape index (κ2) is 4.87. The van der Waals surface area contributed by atoms with Crippen LogP contribution < -0.4 is 0 Å². The van der Waals surface area contributed by atoms with Crippen LogP contribution in [0.1, 0.15) is 31.9 Å². The van der Waals surface area contributed by atoms with Gasteiger partial charge in [0.2, 0.25) is 0 Å². The Morgan fingerprint density at radius 1 is 1.71 bits per heavy atom. The van der Waals surface area contributed by atoms with Gasteiger partial charge in [0, 0.05) is 12.6 Å². The molecule has 2 heterocycles. The van der Waals surface area contributed by atoms with Crippen LogP contribution in [-0.2, 0) is 11.3 Å². The van der Waals surface area contributed by atoms with Crippen LogP contribution in [0.25, 0.3) is 0 Å². The summed E-state index contributed by atoms with van der Waals surface area (Å²) in [7, 11) is 0. The number of carbonyl (C=O) groups is 1. The monoisotopic (exact) mass is 238 g/mol. The summed E-state index contributed by atoms with van der Waals surface area (Å²) in [5.41, 5.74) is -0.585. The smallest absolute Gasteiger partial charge is 0.310 e. The van der Waals surface area contributed by atoms with Crippen molar-refractivity contribution in [1.82, 2.24) is 10.1 Å². The number of carboxylic acid groups (broad SMARTS) is 1. The van der Waals surface area contributed by atoms with Crippen LogP contribution in [0, 0.1) is 5.41 Å². The lowest BCUT2D eigenvalue weighted by Crippen LogP contribution is -2.47. The maximum Gasteiger partial charge on any atom is 0.310 e. The number of likely N-dealkylation sites (tertiary alicyclic amines) is 1. The highest BCUT2D eigenvalue weighted by molar-refractivity contribution is 5.75. The van der Waals surface area contributed by atoms with Crippen LogP contribution in [0.2, 0.25) is 0 Å². The third-order valence-electron chi connectivity index (χ3n) is 3.66. The molecule has 94 valence electrons. The van der Waals surface area contributed by atoms with Crippen molar-refractivity contribution >= 4 is 5.97 Å². The Bertz CT molecular complexity index is 377. The maximum atomic E-state index is 11.4. The molecule has 0 aliphatic carbocycles. The van der Waals surface area contributed by atoms with Gasteiger partial charge in [-0.2, -0.15) is 0 Å². The second-order valence-electron chi connectivity index (χ2n) is 4.73. The van der Waals surface area contributed by atoms with E-state index in [0.717, 1.165) is 25.1 Å². The first-order chi connectivity index (χ1) is 8.16. The van der Waals surface area contributed by atoms with Crippen LogP contribution in [0.4, 0.5) is 0 Å². The van der Waals surface area contributed by atoms with Gasteiger partial charge in [0.05, 0.1) is 18.2 Å². The highest BCUT2D eigenvalue weighted by Gasteiger charge is 2.40. The summed E-state index contributed by atoms with van der Waals surface area (Å²) in [6.45, 7) is 4.12. The zero-order valence-corrected chi connectivity index (χ0v) is 10.1. The van der Waals surface area contributed by atoms with Crippen molar-refractivity contribution in [2.45, 2.75) is 32.7 Å². The van der Waals surface area contributed by atoms with E-state index in [1.54, 1.807) is 6.20 Å². The molecule has 0 spiro atoms. The molecular formula is C12H18N2O3. The quantitative estimate of drug-likeness (QED) is 0.865. The van der Waals surface area contributed by atoms with Crippen molar-refractivity contribution < 1.29 is 14.4 Å². The first-order valence-corrected chi connectivity index (χ1v) is 6.01. The zero-order valence-electron chi connectivity index (χ0n) is 10.1. The molecule has 1 fully saturated rings. The molecule has 5 nitrogen and oxygen atoms in total. The summed E-state index contributed by atoms with van der Waals surface area (Å²) in [5, 5.41) is 13.0. The number of piperidine rings is 1. The topological polar surface area (TPSA) is 66.6 Å². The second-order valence-corrected chi connectivity index (χ2v) is 4.73. The zero-order chi connectivity index (χ0) is 12.3. The third-order valence-corrected chi connectivity index (χ3v) is 3.66. The van der Waals surface area contributed by atoms with E-state index in [4.69, 9.17) is 4.52 Å². The molecule has 5 heteroatoms. The SMILES string of the molecule is CCC1(C(=O)O)CCCN(Cc2ccno2)C1. The molecule has 1 saturated heterocycles. The van der Waals surface area contributed by atoms with E-state index in [0.29, 0.717) is 19.5 Å². The Morgan fingerprint density at radius 2 is 2.53 bits per heavy atom. The molecule has 0 saturated carbocycles. The van der Waals surface area contributed by atoms with Crippen LogP contribution >= 0.6 is 0 Å². The molecule has 0 radical (unpaired) electrons. The molecule has 0 amide bonds. The lowest BCUT2D eigenvalue weighted by atomic mass is 9.77. The molecule has 0 aromatic carbocycles. The van der Waals surface area contributed by atoms with E-state index < -0.39 is 11.4 Å². The standard InChI is InChI=1S/C12H18N2O3/c1-2-12(11(15)16)5-3-7-14(9-12)8-10-4-6-13-17-10/h4,6H,2-3,5,7-9H2,1H3,(H,15,16). The molecular weight excluding hydrogens is 220 g/mol. The molecule has 1 aliphatic heterocycles. The minimum absolute atomic E-state index is 0.585. The van der Waals surface area contributed by atoms with Gasteiger partial charge in [-0.1, -0.05) is 12.1 Å². The van der Waals surface area contributed by atoms with Crippen molar-refractivity contribution in [3.63, 3.8) is 0 Å². The predicted octanol–water partition coefficient (Wildman–Crippen LogP) is 1.75. The van der Waals surface area contributed by atoms with Gasteiger partial charge < -0.3 is 9.63 Å². The largest absolute Gasteiger partial charge is 0.481 e. The first kappa shape index (κ1) is 12.1. The maximum absolute atomic E-state index is 11.4. The fraction of sp³-hybridized carbons (Fsp3) is 0.667. The van der Waals surface area contributed by atoms with Crippen LogP contribution in [0.3, 0.4) is 0 Å². The van der Waals surface area contributed by atoms with Gasteiger partial charge in [0.1, 0.15) is 0 Å². The van der Waals surface area contributed by atoms with Gasteiger partial charge in [-0.25, -0.2) is 0 Å². The van der Waals surface area contributed by atoms with Crippen LogP contribution in [-0.4, -0.2) is 34.2 Å². The summed E-state index contributed by atoms with van der Waals surface area (Å²) >= 11 is 0. The lowest BCUT2D eigenvalue weighted by molar-refractivity contribution is -0.153. The first-order valence-electron chi connectivity index (χ1n) is 6.01. The van der Waals surface area contributed by atoms with Crippen molar-refractivity contribution in [2.75, 3.05) is 13.1 Å². The molecule has 1 unspecified atom stereocenters. The fourth-order valence-corrected chi connectivity index (χ4v) is 2.52. The normalized spacial score (nSPS) is 25.9. The molecule has 17 heavy (non-hydrogen) atoms. The Balaban J connectivity index is 2.03. The number of aliphatic carboxylic acids is 1. The highest BCUT2D eigenvalue weighted by atomic mass is 16.5. The van der Waals surface area contributed by atoms with E-state index in [9.17, 15) is 9.90 Å².